The number of anilines is 1. The molecule has 0 aliphatic carbocycles. The average Bonchev–Trinajstić information content (AvgIpc) is 2.27. The lowest BCUT2D eigenvalue weighted by atomic mass is 10.3. The van der Waals surface area contributed by atoms with E-state index in [0.717, 1.165) is 12.3 Å². The molecular weight excluding hydrogens is 342 g/mol. The summed E-state index contributed by atoms with van der Waals surface area (Å²) in [6.07, 6.45) is 0.916. The van der Waals surface area contributed by atoms with Crippen LogP contribution in [0.2, 0.25) is 0 Å². The minimum absolute atomic E-state index is 0.0496. The summed E-state index contributed by atoms with van der Waals surface area (Å²) in [4.78, 5) is 11.2. The number of hydrogen-bond donors (Lipinski definition) is 1. The Balaban J connectivity index is 3.09. The zero-order valence-electron chi connectivity index (χ0n) is 11.3. The molecule has 118 valence electrons. The normalized spacial score (nSPS) is 12.0. The number of nitrogens with one attached hydrogen (secondary N) is 1. The van der Waals surface area contributed by atoms with Crippen LogP contribution in [0.4, 0.5) is 5.69 Å². The molecule has 0 unspecified atom stereocenters. The van der Waals surface area contributed by atoms with E-state index in [-0.39, 0.29) is 22.9 Å². The Labute approximate surface area is 127 Å². The van der Waals surface area contributed by atoms with Gasteiger partial charge in [0.15, 0.2) is 9.84 Å². The number of ether oxygens (including phenoxy) is 1. The molecule has 0 saturated carbocycles. The van der Waals surface area contributed by atoms with Crippen molar-refractivity contribution in [3.05, 3.63) is 18.2 Å². The minimum Gasteiger partial charge on any atom is -0.492 e. The Morgan fingerprint density at radius 3 is 2.38 bits per heavy atom. The Hall–Kier alpha value is -1.32. The molecule has 7 nitrogen and oxygen atoms in total. The highest BCUT2D eigenvalue weighted by Gasteiger charge is 2.19. The summed E-state index contributed by atoms with van der Waals surface area (Å²) in [6.45, 7) is 1.91. The van der Waals surface area contributed by atoms with Crippen molar-refractivity contribution in [1.29, 1.82) is 0 Å². The van der Waals surface area contributed by atoms with Gasteiger partial charge in [0.05, 0.1) is 6.61 Å². The van der Waals surface area contributed by atoms with Crippen molar-refractivity contribution < 1.29 is 26.4 Å². The molecule has 1 amide bonds. The lowest BCUT2D eigenvalue weighted by molar-refractivity contribution is -0.113. The number of amides is 1. The van der Waals surface area contributed by atoms with E-state index >= 15 is 0 Å². The van der Waals surface area contributed by atoms with E-state index in [4.69, 9.17) is 15.4 Å². The van der Waals surface area contributed by atoms with Crippen molar-refractivity contribution in [2.24, 2.45) is 0 Å². The van der Waals surface area contributed by atoms with Crippen LogP contribution in [0.3, 0.4) is 0 Å². The lowest BCUT2D eigenvalue weighted by Gasteiger charge is -2.10. The van der Waals surface area contributed by atoms with Crippen molar-refractivity contribution in [1.82, 2.24) is 0 Å². The van der Waals surface area contributed by atoms with Gasteiger partial charge < -0.3 is 10.1 Å². The fourth-order valence-electron chi connectivity index (χ4n) is 1.49. The summed E-state index contributed by atoms with van der Waals surface area (Å²) in [5.74, 6) is -1.43. The molecule has 0 fully saturated rings. The Bertz CT molecular complexity index is 742. The Morgan fingerprint density at radius 1 is 1.29 bits per heavy atom. The van der Waals surface area contributed by atoms with E-state index in [1.54, 1.807) is 6.92 Å². The van der Waals surface area contributed by atoms with Crippen LogP contribution in [-0.4, -0.2) is 41.4 Å². The maximum absolute atomic E-state index is 11.5. The number of halogens is 1. The number of sulfone groups is 1. The quantitative estimate of drug-likeness (QED) is 0.763. The van der Waals surface area contributed by atoms with Crippen molar-refractivity contribution in [3.8, 4) is 5.75 Å². The summed E-state index contributed by atoms with van der Waals surface area (Å²) >= 11 is 0. The maximum atomic E-state index is 11.5. The molecule has 1 N–H and O–H groups in total. The standard InChI is InChI=1S/C11H14ClNO6S2/c1-3-19-9-5-4-8(6-10(9)21(12,17)18)13-11(14)7-20(2,15)16/h4-6H,3,7H2,1-2H3,(H,13,14). The Morgan fingerprint density at radius 2 is 1.90 bits per heavy atom. The second kappa shape index (κ2) is 6.63. The fourth-order valence-corrected chi connectivity index (χ4v) is 3.03. The number of carbonyl (C=O) groups is 1. The van der Waals surface area contributed by atoms with Gasteiger partial charge in [0.2, 0.25) is 5.91 Å². The topological polar surface area (TPSA) is 107 Å². The average molecular weight is 356 g/mol. The molecule has 0 radical (unpaired) electrons. The molecule has 1 aromatic rings. The van der Waals surface area contributed by atoms with Crippen LogP contribution in [0.25, 0.3) is 0 Å². The van der Waals surface area contributed by atoms with Gasteiger partial charge in [-0.1, -0.05) is 0 Å². The SMILES string of the molecule is CCOc1ccc(NC(=O)CS(C)(=O)=O)cc1S(=O)(=O)Cl. The van der Waals surface area contributed by atoms with E-state index in [0.29, 0.717) is 0 Å². The van der Waals surface area contributed by atoms with Crippen molar-refractivity contribution in [3.63, 3.8) is 0 Å². The van der Waals surface area contributed by atoms with Gasteiger partial charge in [0.1, 0.15) is 16.4 Å². The summed E-state index contributed by atoms with van der Waals surface area (Å²) < 4.78 is 50.1. The van der Waals surface area contributed by atoms with Crippen LogP contribution in [0.15, 0.2) is 23.1 Å². The van der Waals surface area contributed by atoms with Gasteiger partial charge in [-0.3, -0.25) is 4.79 Å². The van der Waals surface area contributed by atoms with Crippen molar-refractivity contribution in [2.75, 3.05) is 23.9 Å². The van der Waals surface area contributed by atoms with Crippen LogP contribution in [0.1, 0.15) is 6.92 Å². The molecule has 1 aromatic carbocycles. The molecule has 0 saturated heterocycles. The van der Waals surface area contributed by atoms with Crippen molar-refractivity contribution in [2.45, 2.75) is 11.8 Å². The van der Waals surface area contributed by atoms with Gasteiger partial charge in [0, 0.05) is 22.6 Å². The summed E-state index contributed by atoms with van der Waals surface area (Å²) in [6, 6.07) is 3.82. The van der Waals surface area contributed by atoms with Gasteiger partial charge in [0.25, 0.3) is 9.05 Å². The predicted octanol–water partition coefficient (Wildman–Crippen LogP) is 0.996. The summed E-state index contributed by atoms with van der Waals surface area (Å²) in [7, 11) is -2.25. The first-order chi connectivity index (χ1) is 9.53. The third-order valence-corrected chi connectivity index (χ3v) is 4.31. The molecule has 1 rings (SSSR count). The third kappa shape index (κ3) is 5.90. The van der Waals surface area contributed by atoms with Crippen LogP contribution >= 0.6 is 10.7 Å². The molecule has 0 aromatic heterocycles. The van der Waals surface area contributed by atoms with E-state index in [1.807, 2.05) is 0 Å². The molecule has 0 atom stereocenters. The summed E-state index contributed by atoms with van der Waals surface area (Å²) in [5.41, 5.74) is 0.103. The number of benzene rings is 1. The first-order valence-electron chi connectivity index (χ1n) is 5.72. The molecule has 0 spiro atoms. The predicted molar refractivity (Wildman–Crippen MR) is 79.0 cm³/mol. The van der Waals surface area contributed by atoms with E-state index in [1.165, 1.54) is 12.1 Å². The zero-order valence-corrected chi connectivity index (χ0v) is 13.7. The van der Waals surface area contributed by atoms with Crippen molar-refractivity contribution >= 4 is 41.2 Å². The molecule has 0 aliphatic rings. The molecule has 0 heterocycles. The first kappa shape index (κ1) is 17.7. The number of carbonyl (C=O) groups excluding carboxylic acids is 1. The largest absolute Gasteiger partial charge is 0.492 e. The van der Waals surface area contributed by atoms with Crippen LogP contribution in [-0.2, 0) is 23.7 Å². The highest BCUT2D eigenvalue weighted by molar-refractivity contribution is 8.13. The summed E-state index contributed by atoms with van der Waals surface area (Å²) in [5, 5.41) is 2.28. The van der Waals surface area contributed by atoms with E-state index in [2.05, 4.69) is 5.32 Å². The first-order valence-corrected chi connectivity index (χ1v) is 10.1. The number of rotatable bonds is 6. The highest BCUT2D eigenvalue weighted by atomic mass is 35.7. The third-order valence-electron chi connectivity index (χ3n) is 2.18. The molecule has 21 heavy (non-hydrogen) atoms. The van der Waals surface area contributed by atoms with Crippen LogP contribution in [0, 0.1) is 0 Å². The monoisotopic (exact) mass is 355 g/mol. The fraction of sp³-hybridized carbons (Fsp3) is 0.364. The molecule has 0 bridgehead atoms. The number of hydrogen-bond acceptors (Lipinski definition) is 6. The Kier molecular flexibility index (Phi) is 5.60. The van der Waals surface area contributed by atoms with Gasteiger partial charge in [-0.15, -0.1) is 0 Å². The van der Waals surface area contributed by atoms with Crippen LogP contribution < -0.4 is 10.1 Å². The van der Waals surface area contributed by atoms with Gasteiger partial charge in [-0.25, -0.2) is 16.8 Å². The molecular formula is C11H14ClNO6S2. The smallest absolute Gasteiger partial charge is 0.265 e. The van der Waals surface area contributed by atoms with E-state index in [9.17, 15) is 21.6 Å². The highest BCUT2D eigenvalue weighted by Crippen LogP contribution is 2.30. The van der Waals surface area contributed by atoms with Crippen LogP contribution in [0.5, 0.6) is 5.75 Å². The van der Waals surface area contributed by atoms with Gasteiger partial charge in [-0.2, -0.15) is 0 Å². The van der Waals surface area contributed by atoms with Gasteiger partial charge in [-0.05, 0) is 25.1 Å². The second-order valence-corrected chi connectivity index (χ2v) is 8.83. The molecule has 0 aliphatic heterocycles. The lowest BCUT2D eigenvalue weighted by Crippen LogP contribution is -2.22. The maximum Gasteiger partial charge on any atom is 0.265 e. The van der Waals surface area contributed by atoms with E-state index < -0.39 is 30.5 Å². The molecule has 10 heteroatoms. The second-order valence-electron chi connectivity index (χ2n) is 4.15. The van der Waals surface area contributed by atoms with Gasteiger partial charge >= 0.3 is 0 Å². The minimum atomic E-state index is -4.07. The zero-order chi connectivity index (χ0) is 16.3.